The third-order valence-corrected chi connectivity index (χ3v) is 5.11. The lowest BCUT2D eigenvalue weighted by Gasteiger charge is -2.33. The summed E-state index contributed by atoms with van der Waals surface area (Å²) in [4.78, 5) is 2.61. The molecule has 0 atom stereocenters. The predicted octanol–water partition coefficient (Wildman–Crippen LogP) is 4.28. The molecule has 2 saturated carbocycles. The molecule has 2 aliphatic carbocycles. The Kier molecular flexibility index (Phi) is 4.42. The van der Waals surface area contributed by atoms with Gasteiger partial charge >= 0.3 is 0 Å². The zero-order valence-corrected chi connectivity index (χ0v) is 13.7. The van der Waals surface area contributed by atoms with Crippen molar-refractivity contribution in [3.8, 4) is 11.5 Å². The van der Waals surface area contributed by atoms with Gasteiger partial charge in [-0.05, 0) is 43.7 Å². The second-order valence-electron chi connectivity index (χ2n) is 7.03. The van der Waals surface area contributed by atoms with Crippen molar-refractivity contribution in [1.29, 1.82) is 0 Å². The molecule has 0 spiro atoms. The van der Waals surface area contributed by atoms with Gasteiger partial charge in [0.2, 0.25) is 11.8 Å². The van der Waals surface area contributed by atoms with Crippen LogP contribution in [0.2, 0.25) is 0 Å². The molecule has 2 fully saturated rings. The van der Waals surface area contributed by atoms with Gasteiger partial charge in [0.25, 0.3) is 0 Å². The summed E-state index contributed by atoms with van der Waals surface area (Å²) in [7, 11) is 0. The third-order valence-electron chi connectivity index (χ3n) is 5.11. The van der Waals surface area contributed by atoms with Crippen molar-refractivity contribution >= 4 is 0 Å². The summed E-state index contributed by atoms with van der Waals surface area (Å²) in [5.74, 6) is 2.29. The highest BCUT2D eigenvalue weighted by Crippen LogP contribution is 2.33. The van der Waals surface area contributed by atoms with Crippen molar-refractivity contribution in [2.24, 2.45) is 5.92 Å². The maximum atomic E-state index is 5.93. The number of nitrogens with zero attached hydrogens (tertiary/aromatic N) is 3. The van der Waals surface area contributed by atoms with Gasteiger partial charge in [-0.15, -0.1) is 10.2 Å². The molecule has 1 heterocycles. The van der Waals surface area contributed by atoms with Crippen molar-refractivity contribution in [2.75, 3.05) is 6.54 Å². The summed E-state index contributed by atoms with van der Waals surface area (Å²) in [6, 6.07) is 10.7. The summed E-state index contributed by atoms with van der Waals surface area (Å²) in [6.07, 6.45) is 9.56. The van der Waals surface area contributed by atoms with Crippen LogP contribution in [-0.4, -0.2) is 27.7 Å². The van der Waals surface area contributed by atoms with E-state index in [1.807, 2.05) is 30.3 Å². The Morgan fingerprint density at radius 1 is 0.957 bits per heavy atom. The molecular formula is C19H25N3O. The summed E-state index contributed by atoms with van der Waals surface area (Å²) >= 11 is 0. The molecule has 0 aliphatic heterocycles. The molecule has 1 aromatic heterocycles. The van der Waals surface area contributed by atoms with Gasteiger partial charge < -0.3 is 4.42 Å². The van der Waals surface area contributed by atoms with Gasteiger partial charge in [0, 0.05) is 18.2 Å². The smallest absolute Gasteiger partial charge is 0.247 e. The lowest BCUT2D eigenvalue weighted by molar-refractivity contribution is 0.130. The van der Waals surface area contributed by atoms with Crippen molar-refractivity contribution in [3.05, 3.63) is 36.2 Å². The van der Waals surface area contributed by atoms with Crippen LogP contribution in [0.25, 0.3) is 11.5 Å². The van der Waals surface area contributed by atoms with E-state index in [0.717, 1.165) is 23.9 Å². The minimum Gasteiger partial charge on any atom is -0.419 e. The van der Waals surface area contributed by atoms with E-state index in [1.54, 1.807) is 0 Å². The highest BCUT2D eigenvalue weighted by molar-refractivity contribution is 5.51. The fraction of sp³-hybridized carbons (Fsp3) is 0.579. The number of aromatic nitrogens is 2. The van der Waals surface area contributed by atoms with Crippen LogP contribution in [0.1, 0.15) is 50.8 Å². The van der Waals surface area contributed by atoms with Gasteiger partial charge in [0.15, 0.2) is 0 Å². The second kappa shape index (κ2) is 6.83. The molecule has 1 aromatic carbocycles. The zero-order valence-electron chi connectivity index (χ0n) is 13.7. The first kappa shape index (κ1) is 14.9. The van der Waals surface area contributed by atoms with Gasteiger partial charge in [-0.25, -0.2) is 0 Å². The first-order chi connectivity index (χ1) is 11.4. The van der Waals surface area contributed by atoms with Crippen molar-refractivity contribution < 1.29 is 4.42 Å². The lowest BCUT2D eigenvalue weighted by atomic mass is 9.94. The van der Waals surface area contributed by atoms with E-state index < -0.39 is 0 Å². The summed E-state index contributed by atoms with van der Waals surface area (Å²) in [6.45, 7) is 2.01. The maximum Gasteiger partial charge on any atom is 0.247 e. The quantitative estimate of drug-likeness (QED) is 0.798. The third kappa shape index (κ3) is 3.81. The van der Waals surface area contributed by atoms with Crippen LogP contribution >= 0.6 is 0 Å². The van der Waals surface area contributed by atoms with Gasteiger partial charge in [0.1, 0.15) is 0 Å². The first-order valence-electron chi connectivity index (χ1n) is 9.00. The molecule has 0 radical (unpaired) electrons. The lowest BCUT2D eigenvalue weighted by Crippen LogP contribution is -2.37. The van der Waals surface area contributed by atoms with E-state index in [4.69, 9.17) is 4.42 Å². The summed E-state index contributed by atoms with van der Waals surface area (Å²) in [5, 5.41) is 8.53. The molecule has 2 aromatic rings. The Morgan fingerprint density at radius 2 is 1.74 bits per heavy atom. The Hall–Kier alpha value is -1.68. The van der Waals surface area contributed by atoms with Gasteiger partial charge in [-0.3, -0.25) is 4.90 Å². The predicted molar refractivity (Wildman–Crippen MR) is 89.7 cm³/mol. The first-order valence-corrected chi connectivity index (χ1v) is 9.00. The number of rotatable bonds is 6. The van der Waals surface area contributed by atoms with Crippen molar-refractivity contribution in [2.45, 2.75) is 57.5 Å². The average Bonchev–Trinajstić information content (AvgIpc) is 3.31. The van der Waals surface area contributed by atoms with Crippen LogP contribution in [-0.2, 0) is 6.54 Å². The van der Waals surface area contributed by atoms with Gasteiger partial charge in [-0.2, -0.15) is 0 Å². The summed E-state index contributed by atoms with van der Waals surface area (Å²) < 4.78 is 5.93. The van der Waals surface area contributed by atoms with E-state index in [-0.39, 0.29) is 0 Å². The zero-order chi connectivity index (χ0) is 15.5. The van der Waals surface area contributed by atoms with Crippen molar-refractivity contribution in [1.82, 2.24) is 15.1 Å². The fourth-order valence-electron chi connectivity index (χ4n) is 3.61. The monoisotopic (exact) mass is 311 g/mol. The van der Waals surface area contributed by atoms with Crippen LogP contribution in [0, 0.1) is 5.92 Å². The van der Waals surface area contributed by atoms with Crippen LogP contribution in [0.3, 0.4) is 0 Å². The number of hydrogen-bond acceptors (Lipinski definition) is 4. The Labute approximate surface area is 137 Å². The Morgan fingerprint density at radius 3 is 2.48 bits per heavy atom. The molecule has 122 valence electrons. The topological polar surface area (TPSA) is 42.2 Å². The standard InChI is InChI=1S/C19H25N3O/c1-3-7-16(8-4-1)19-21-20-18(23-19)14-22(13-15-11-12-15)17-9-5-2-6-10-17/h1,3-4,7-8,15,17H,2,5-6,9-14H2. The van der Waals surface area contributed by atoms with E-state index in [2.05, 4.69) is 15.1 Å². The Balaban J connectivity index is 1.46. The molecule has 4 rings (SSSR count). The molecule has 4 nitrogen and oxygen atoms in total. The van der Waals surface area contributed by atoms with Gasteiger partial charge in [0.05, 0.1) is 6.54 Å². The van der Waals surface area contributed by atoms with Gasteiger partial charge in [-0.1, -0.05) is 37.5 Å². The van der Waals surface area contributed by atoms with Crippen LogP contribution < -0.4 is 0 Å². The minimum absolute atomic E-state index is 0.635. The molecule has 2 aliphatic rings. The minimum atomic E-state index is 0.635. The SMILES string of the molecule is c1ccc(-c2nnc(CN(CC3CC3)C3CCCCC3)o2)cc1. The largest absolute Gasteiger partial charge is 0.419 e. The molecule has 0 saturated heterocycles. The second-order valence-corrected chi connectivity index (χ2v) is 7.03. The number of hydrogen-bond donors (Lipinski definition) is 0. The van der Waals surface area contributed by atoms with Crippen LogP contribution in [0.4, 0.5) is 0 Å². The normalized spacial score (nSPS) is 19.3. The summed E-state index contributed by atoms with van der Waals surface area (Å²) in [5.41, 5.74) is 0.998. The molecule has 0 N–H and O–H groups in total. The fourth-order valence-corrected chi connectivity index (χ4v) is 3.61. The molecule has 23 heavy (non-hydrogen) atoms. The molecule has 0 unspecified atom stereocenters. The maximum absolute atomic E-state index is 5.93. The highest BCUT2D eigenvalue weighted by Gasteiger charge is 2.30. The molecule has 0 amide bonds. The Bertz CT molecular complexity index is 615. The van der Waals surface area contributed by atoms with E-state index >= 15 is 0 Å². The molecule has 0 bridgehead atoms. The molecule has 4 heteroatoms. The molecular weight excluding hydrogens is 286 g/mol. The number of benzene rings is 1. The van der Waals surface area contributed by atoms with Crippen LogP contribution in [0.5, 0.6) is 0 Å². The van der Waals surface area contributed by atoms with E-state index in [1.165, 1.54) is 51.5 Å². The van der Waals surface area contributed by atoms with E-state index in [0.29, 0.717) is 11.9 Å². The van der Waals surface area contributed by atoms with Crippen molar-refractivity contribution in [3.63, 3.8) is 0 Å². The average molecular weight is 311 g/mol. The van der Waals surface area contributed by atoms with Crippen LogP contribution in [0.15, 0.2) is 34.7 Å². The van der Waals surface area contributed by atoms with E-state index in [9.17, 15) is 0 Å². The highest BCUT2D eigenvalue weighted by atomic mass is 16.4.